The molecule has 1 aromatic rings. The topological polar surface area (TPSA) is 92.9 Å². The van der Waals surface area contributed by atoms with Gasteiger partial charge >= 0.3 is 11.7 Å². The Labute approximate surface area is 116 Å². The third-order valence-corrected chi connectivity index (χ3v) is 2.77. The number of para-hydroxylation sites is 1. The summed E-state index contributed by atoms with van der Waals surface area (Å²) in [5.74, 6) is -0.954. The van der Waals surface area contributed by atoms with Gasteiger partial charge in [0.25, 0.3) is 0 Å². The van der Waals surface area contributed by atoms with E-state index in [9.17, 15) is 14.9 Å². The van der Waals surface area contributed by atoms with Crippen molar-refractivity contribution in [3.05, 3.63) is 28.3 Å². The van der Waals surface area contributed by atoms with E-state index in [2.05, 4.69) is 0 Å². The van der Waals surface area contributed by atoms with Crippen molar-refractivity contribution < 1.29 is 19.6 Å². The van der Waals surface area contributed by atoms with Crippen LogP contribution in [0.25, 0.3) is 0 Å². The van der Waals surface area contributed by atoms with Crippen molar-refractivity contribution in [2.24, 2.45) is 0 Å². The Bertz CT molecular complexity index is 522. The van der Waals surface area contributed by atoms with E-state index in [-0.39, 0.29) is 23.7 Å². The average Bonchev–Trinajstić information content (AvgIpc) is 2.33. The molecule has 0 saturated carbocycles. The molecular formula is C13H18N2O5. The summed E-state index contributed by atoms with van der Waals surface area (Å²) in [6.07, 6.45) is 0. The first kappa shape index (κ1) is 15.7. The van der Waals surface area contributed by atoms with Crippen molar-refractivity contribution in [1.29, 1.82) is 0 Å². The summed E-state index contributed by atoms with van der Waals surface area (Å²) in [5, 5.41) is 20.3. The number of carboxylic acid groups (broad SMARTS) is 1. The van der Waals surface area contributed by atoms with Crippen molar-refractivity contribution in [1.82, 2.24) is 0 Å². The van der Waals surface area contributed by atoms with Crippen molar-refractivity contribution in [3.8, 4) is 5.75 Å². The predicted octanol–water partition coefficient (Wildman–Crippen LogP) is 2.29. The molecule has 0 aliphatic heterocycles. The lowest BCUT2D eigenvalue weighted by molar-refractivity contribution is -0.385. The number of carbonyl (C=O) groups is 1. The van der Waals surface area contributed by atoms with Crippen LogP contribution in [0.2, 0.25) is 0 Å². The van der Waals surface area contributed by atoms with Gasteiger partial charge < -0.3 is 14.7 Å². The molecule has 0 heterocycles. The molecule has 0 fully saturated rings. The normalized spacial score (nSPS) is 11.0. The van der Waals surface area contributed by atoms with Crippen LogP contribution in [0.4, 0.5) is 11.4 Å². The van der Waals surface area contributed by atoms with Gasteiger partial charge in [-0.1, -0.05) is 6.07 Å². The smallest absolute Gasteiger partial charge is 0.333 e. The minimum atomic E-state index is -1.06. The van der Waals surface area contributed by atoms with Gasteiger partial charge in [0.15, 0.2) is 5.75 Å². The highest BCUT2D eigenvalue weighted by molar-refractivity contribution is 5.78. The van der Waals surface area contributed by atoms with E-state index < -0.39 is 16.4 Å². The third-order valence-electron chi connectivity index (χ3n) is 2.77. The fourth-order valence-corrected chi connectivity index (χ4v) is 1.90. The van der Waals surface area contributed by atoms with Crippen LogP contribution in [0, 0.1) is 10.1 Å². The lowest BCUT2D eigenvalue weighted by atomic mass is 10.0. The molecule has 0 saturated heterocycles. The lowest BCUT2D eigenvalue weighted by Crippen LogP contribution is -2.45. The maximum Gasteiger partial charge on any atom is 0.333 e. The molecule has 7 heteroatoms. The summed E-state index contributed by atoms with van der Waals surface area (Å²) in [4.78, 5) is 23.2. The fraction of sp³-hybridized carbons (Fsp3) is 0.462. The maximum absolute atomic E-state index is 11.3. The summed E-state index contributed by atoms with van der Waals surface area (Å²) in [6, 6.07) is 4.60. The van der Waals surface area contributed by atoms with Gasteiger partial charge in [-0.25, -0.2) is 0 Å². The molecule has 0 atom stereocenters. The molecule has 7 nitrogen and oxygen atoms in total. The van der Waals surface area contributed by atoms with Gasteiger partial charge in [-0.05, 0) is 32.9 Å². The Hall–Kier alpha value is -2.31. The van der Waals surface area contributed by atoms with Crippen LogP contribution in [0.1, 0.15) is 20.8 Å². The maximum atomic E-state index is 11.3. The van der Waals surface area contributed by atoms with Crippen LogP contribution >= 0.6 is 0 Å². The number of aliphatic carboxylic acids is 1. The summed E-state index contributed by atoms with van der Waals surface area (Å²) >= 11 is 0. The molecule has 1 N–H and O–H groups in total. The number of rotatable bonds is 5. The van der Waals surface area contributed by atoms with Gasteiger partial charge in [-0.3, -0.25) is 14.9 Å². The zero-order valence-corrected chi connectivity index (χ0v) is 11.9. The van der Waals surface area contributed by atoms with Gasteiger partial charge in [-0.2, -0.15) is 0 Å². The van der Waals surface area contributed by atoms with Crippen molar-refractivity contribution in [2.45, 2.75) is 26.3 Å². The zero-order chi connectivity index (χ0) is 15.5. The highest BCUT2D eigenvalue weighted by atomic mass is 16.6. The minimum absolute atomic E-state index is 0.104. The minimum Gasteiger partial charge on any atom is -0.490 e. The van der Waals surface area contributed by atoms with Crippen molar-refractivity contribution >= 4 is 17.3 Å². The molecule has 0 amide bonds. The summed E-state index contributed by atoms with van der Waals surface area (Å²) in [6.45, 7) is 5.04. The molecule has 1 aromatic carbocycles. The second-order valence-electron chi connectivity index (χ2n) is 5.24. The molecule has 0 radical (unpaired) electrons. The van der Waals surface area contributed by atoms with E-state index in [1.165, 1.54) is 24.1 Å². The second kappa shape index (κ2) is 5.77. The van der Waals surface area contributed by atoms with Crippen molar-refractivity contribution in [2.75, 3.05) is 18.6 Å². The summed E-state index contributed by atoms with van der Waals surface area (Å²) < 4.78 is 5.00. The number of hydrogen-bond donors (Lipinski definition) is 1. The number of anilines is 1. The Kier molecular flexibility index (Phi) is 4.54. The number of ether oxygens (including phenoxy) is 1. The molecule has 0 aromatic heterocycles. The monoisotopic (exact) mass is 282 g/mol. The molecule has 0 bridgehead atoms. The Morgan fingerprint density at radius 3 is 2.45 bits per heavy atom. The molecule has 0 aliphatic carbocycles. The van der Waals surface area contributed by atoms with Crippen LogP contribution in [0.3, 0.4) is 0 Å². The number of carboxylic acids is 1. The molecule has 20 heavy (non-hydrogen) atoms. The third kappa shape index (κ3) is 3.37. The number of nitro groups is 1. The summed E-state index contributed by atoms with van der Waals surface area (Å²) in [7, 11) is 1.34. The second-order valence-corrected chi connectivity index (χ2v) is 5.24. The highest BCUT2D eigenvalue weighted by Gasteiger charge is 2.31. The quantitative estimate of drug-likeness (QED) is 0.658. The van der Waals surface area contributed by atoms with E-state index >= 15 is 0 Å². The van der Waals surface area contributed by atoms with Gasteiger partial charge in [0, 0.05) is 5.54 Å². The molecular weight excluding hydrogens is 264 g/mol. The first-order chi connectivity index (χ1) is 9.18. The standard InChI is InChI=1S/C13H18N2O5/c1-13(2,3)14(8-11(16)17)9-6-5-7-10(20-4)12(9)15(18)19/h5-7H,8H2,1-4H3,(H,16,17). The first-order valence-corrected chi connectivity index (χ1v) is 5.99. The molecule has 0 unspecified atom stereocenters. The largest absolute Gasteiger partial charge is 0.490 e. The van der Waals surface area contributed by atoms with Gasteiger partial charge in [0.05, 0.1) is 12.0 Å². The van der Waals surface area contributed by atoms with E-state index in [1.807, 2.05) is 0 Å². The molecule has 1 rings (SSSR count). The van der Waals surface area contributed by atoms with Gasteiger partial charge in [0.2, 0.25) is 0 Å². The van der Waals surface area contributed by atoms with E-state index in [0.29, 0.717) is 0 Å². The molecule has 0 spiro atoms. The number of hydrogen-bond acceptors (Lipinski definition) is 5. The van der Waals surface area contributed by atoms with Crippen LogP contribution in [0.15, 0.2) is 18.2 Å². The SMILES string of the molecule is COc1cccc(N(CC(=O)O)C(C)(C)C)c1[N+](=O)[O-]. The summed E-state index contributed by atoms with van der Waals surface area (Å²) in [5.41, 5.74) is -0.592. The van der Waals surface area contributed by atoms with Crippen LogP contribution in [0.5, 0.6) is 5.75 Å². The lowest BCUT2D eigenvalue weighted by Gasteiger charge is -2.36. The van der Waals surface area contributed by atoms with Crippen LogP contribution in [-0.4, -0.2) is 35.2 Å². The average molecular weight is 282 g/mol. The highest BCUT2D eigenvalue weighted by Crippen LogP contribution is 2.39. The zero-order valence-electron chi connectivity index (χ0n) is 11.9. The fourth-order valence-electron chi connectivity index (χ4n) is 1.90. The Morgan fingerprint density at radius 2 is 2.05 bits per heavy atom. The predicted molar refractivity (Wildman–Crippen MR) is 74.4 cm³/mol. The first-order valence-electron chi connectivity index (χ1n) is 5.99. The van der Waals surface area contributed by atoms with E-state index in [4.69, 9.17) is 9.84 Å². The van der Waals surface area contributed by atoms with Gasteiger partial charge in [0.1, 0.15) is 12.2 Å². The van der Waals surface area contributed by atoms with Crippen LogP contribution < -0.4 is 9.64 Å². The van der Waals surface area contributed by atoms with E-state index in [0.717, 1.165) is 0 Å². The van der Waals surface area contributed by atoms with Gasteiger partial charge in [-0.15, -0.1) is 0 Å². The number of nitro benzene ring substituents is 1. The number of benzene rings is 1. The van der Waals surface area contributed by atoms with Crippen molar-refractivity contribution in [3.63, 3.8) is 0 Å². The number of nitrogens with zero attached hydrogens (tertiary/aromatic N) is 2. The Balaban J connectivity index is 3.47. The van der Waals surface area contributed by atoms with E-state index in [1.54, 1.807) is 26.8 Å². The Morgan fingerprint density at radius 1 is 1.45 bits per heavy atom. The van der Waals surface area contributed by atoms with Crippen LogP contribution in [-0.2, 0) is 4.79 Å². The molecule has 110 valence electrons. The number of methoxy groups -OCH3 is 1. The molecule has 0 aliphatic rings.